The number of piperidine rings is 1. The average molecular weight is 691 g/mol. The third kappa shape index (κ3) is 6.55. The number of likely N-dealkylation sites (tertiary alicyclic amines) is 1. The lowest BCUT2D eigenvalue weighted by molar-refractivity contribution is 0.0659. The Kier molecular flexibility index (Phi) is 9.28. The van der Waals surface area contributed by atoms with Gasteiger partial charge in [-0.1, -0.05) is 35.9 Å². The molecule has 7 rings (SSSR count). The van der Waals surface area contributed by atoms with Crippen LogP contribution in [0.1, 0.15) is 34.3 Å². The van der Waals surface area contributed by atoms with Gasteiger partial charge in [0.1, 0.15) is 0 Å². The van der Waals surface area contributed by atoms with Gasteiger partial charge in [0.25, 0.3) is 15.9 Å². The van der Waals surface area contributed by atoms with E-state index in [-0.39, 0.29) is 16.8 Å². The Morgan fingerprint density at radius 3 is 2.08 bits per heavy atom. The first-order valence-corrected chi connectivity index (χ1v) is 18.9. The van der Waals surface area contributed by atoms with E-state index in [0.717, 1.165) is 85.3 Å². The number of anilines is 1. The molecule has 5 aromatic rings. The van der Waals surface area contributed by atoms with Crippen LogP contribution < -0.4 is 4.90 Å². The number of nitrogens with zero attached hydrogens (tertiary/aromatic N) is 6. The summed E-state index contributed by atoms with van der Waals surface area (Å²) in [5.41, 5.74) is 7.86. The predicted octanol–water partition coefficient (Wildman–Crippen LogP) is 6.14. The second kappa shape index (κ2) is 13.7. The molecule has 0 radical (unpaired) electrons. The van der Waals surface area contributed by atoms with Gasteiger partial charge in [-0.15, -0.1) is 0 Å². The number of fused-ring (bicyclic) bond motifs is 1. The van der Waals surface area contributed by atoms with E-state index in [1.807, 2.05) is 49.2 Å². The molecule has 9 nitrogen and oxygen atoms in total. The smallest absolute Gasteiger partial charge is 0.269 e. The first-order chi connectivity index (χ1) is 24.0. The number of hydrogen-bond donors (Lipinski definition) is 0. The van der Waals surface area contributed by atoms with Gasteiger partial charge in [0, 0.05) is 79.4 Å². The highest BCUT2D eigenvalue weighted by Crippen LogP contribution is 2.36. The minimum Gasteiger partial charge on any atom is -0.369 e. The van der Waals surface area contributed by atoms with E-state index in [2.05, 4.69) is 53.9 Å². The van der Waals surface area contributed by atoms with Gasteiger partial charge in [0.2, 0.25) is 0 Å². The quantitative estimate of drug-likeness (QED) is 0.203. The monoisotopic (exact) mass is 690 g/mol. The molecule has 1 amide bonds. The molecule has 0 aliphatic carbocycles. The molecule has 260 valence electrons. The highest BCUT2D eigenvalue weighted by atomic mass is 32.2. The zero-order valence-corrected chi connectivity index (χ0v) is 30.4. The number of hydrogen-bond acceptors (Lipinski definition) is 7. The zero-order valence-electron chi connectivity index (χ0n) is 29.6. The number of rotatable bonds is 7. The van der Waals surface area contributed by atoms with Crippen LogP contribution in [0.5, 0.6) is 0 Å². The summed E-state index contributed by atoms with van der Waals surface area (Å²) in [6.45, 7) is 10.1. The van der Waals surface area contributed by atoms with Crippen LogP contribution in [0, 0.1) is 13.8 Å². The van der Waals surface area contributed by atoms with Gasteiger partial charge in [-0.2, -0.15) is 0 Å². The molecule has 2 aromatic heterocycles. The Labute approximate surface area is 295 Å². The molecule has 50 heavy (non-hydrogen) atoms. The lowest BCUT2D eigenvalue weighted by Gasteiger charge is -2.35. The lowest BCUT2D eigenvalue weighted by atomic mass is 9.99. The molecule has 0 atom stereocenters. The number of benzene rings is 3. The van der Waals surface area contributed by atoms with Crippen molar-refractivity contribution in [2.45, 2.75) is 37.6 Å². The van der Waals surface area contributed by atoms with Crippen LogP contribution in [0.2, 0.25) is 0 Å². The predicted molar refractivity (Wildman–Crippen MR) is 201 cm³/mol. The van der Waals surface area contributed by atoms with Crippen molar-refractivity contribution in [2.24, 2.45) is 0 Å². The van der Waals surface area contributed by atoms with Gasteiger partial charge in [-0.3, -0.25) is 4.79 Å². The van der Waals surface area contributed by atoms with Crippen LogP contribution in [0.25, 0.3) is 33.3 Å². The molecular weight excluding hydrogens is 645 g/mol. The summed E-state index contributed by atoms with van der Waals surface area (Å²) < 4.78 is 29.4. The number of aromatic nitrogens is 2. The van der Waals surface area contributed by atoms with Gasteiger partial charge in [0.05, 0.1) is 4.90 Å². The third-order valence-corrected chi connectivity index (χ3v) is 12.2. The first-order valence-electron chi connectivity index (χ1n) is 17.4. The second-order valence-corrected chi connectivity index (χ2v) is 15.9. The highest BCUT2D eigenvalue weighted by molar-refractivity contribution is 7.90. The van der Waals surface area contributed by atoms with Crippen molar-refractivity contribution in [3.05, 3.63) is 102 Å². The number of aryl methyl sites for hydroxylation is 2. The van der Waals surface area contributed by atoms with E-state index in [1.165, 1.54) is 15.2 Å². The number of piperazine rings is 1. The van der Waals surface area contributed by atoms with Crippen LogP contribution in [-0.2, 0) is 10.0 Å². The molecule has 10 heteroatoms. The van der Waals surface area contributed by atoms with Crippen LogP contribution >= 0.6 is 0 Å². The molecule has 0 saturated carbocycles. The Morgan fingerprint density at radius 2 is 1.42 bits per heavy atom. The van der Waals surface area contributed by atoms with E-state index in [9.17, 15) is 13.2 Å². The fourth-order valence-electron chi connectivity index (χ4n) is 7.26. The molecule has 0 N–H and O–H groups in total. The summed E-state index contributed by atoms with van der Waals surface area (Å²) >= 11 is 0. The number of pyridine rings is 1. The maximum Gasteiger partial charge on any atom is 0.269 e. The van der Waals surface area contributed by atoms with Crippen LogP contribution in [0.15, 0.2) is 90.1 Å². The molecule has 2 aliphatic heterocycles. The summed E-state index contributed by atoms with van der Waals surface area (Å²) in [6.07, 6.45) is 5.34. The van der Waals surface area contributed by atoms with Gasteiger partial charge < -0.3 is 19.6 Å². The normalized spacial score (nSPS) is 16.6. The fraction of sp³-hybridized carbons (Fsp3) is 0.350. The minimum atomic E-state index is -3.94. The molecule has 0 spiro atoms. The number of amides is 1. The maximum absolute atomic E-state index is 14.1. The van der Waals surface area contributed by atoms with Crippen molar-refractivity contribution in [2.75, 3.05) is 65.3 Å². The summed E-state index contributed by atoms with van der Waals surface area (Å²) in [5.74, 6) is -0.00479. The number of likely N-dealkylation sites (N-methyl/N-ethyl adjacent to an activating group) is 1. The molecule has 2 fully saturated rings. The first kappa shape index (κ1) is 34.0. The van der Waals surface area contributed by atoms with Gasteiger partial charge >= 0.3 is 0 Å². The molecule has 0 unspecified atom stereocenters. The Morgan fingerprint density at radius 1 is 0.780 bits per heavy atom. The highest BCUT2D eigenvalue weighted by Gasteiger charge is 2.26. The van der Waals surface area contributed by atoms with Crippen molar-refractivity contribution in [1.82, 2.24) is 23.7 Å². The number of carbonyl (C=O) groups is 1. The summed E-state index contributed by atoms with van der Waals surface area (Å²) in [6, 6.07) is 23.2. The third-order valence-electron chi connectivity index (χ3n) is 10.6. The summed E-state index contributed by atoms with van der Waals surface area (Å²) in [7, 11) is 2.22. The van der Waals surface area contributed by atoms with E-state index in [0.29, 0.717) is 11.2 Å². The Hall–Kier alpha value is -4.51. The Bertz CT molecular complexity index is 2130. The van der Waals surface area contributed by atoms with Gasteiger partial charge in [0.15, 0.2) is 5.65 Å². The average Bonchev–Trinajstić information content (AvgIpc) is 3.52. The standard InChI is InChI=1S/C40H46N6O3S/c1-28-6-13-35(14-7-28)50(48,49)46-27-37(30-8-10-31(11-9-30)40(47)44(5)34-16-18-42(3)19-17-34)36-25-33(26-41-39(36)46)32-12-15-38(29(2)24-32)45-22-20-43(4)21-23-45/h6-15,24-27,34H,16-23H2,1-5H3. The fourth-order valence-corrected chi connectivity index (χ4v) is 8.58. The molecular formula is C40H46N6O3S. The van der Waals surface area contributed by atoms with Crippen molar-refractivity contribution in [3.63, 3.8) is 0 Å². The van der Waals surface area contributed by atoms with Crippen molar-refractivity contribution >= 4 is 32.7 Å². The van der Waals surface area contributed by atoms with Crippen LogP contribution in [0.4, 0.5) is 5.69 Å². The zero-order chi connectivity index (χ0) is 35.2. The second-order valence-electron chi connectivity index (χ2n) is 14.1. The topological polar surface area (TPSA) is 82.0 Å². The lowest BCUT2D eigenvalue weighted by Crippen LogP contribution is -2.44. The maximum atomic E-state index is 14.1. The molecule has 4 heterocycles. The minimum absolute atomic E-state index is 0.00479. The van der Waals surface area contributed by atoms with Crippen molar-refractivity contribution in [3.8, 4) is 22.3 Å². The van der Waals surface area contributed by atoms with Crippen molar-refractivity contribution in [1.29, 1.82) is 0 Å². The van der Waals surface area contributed by atoms with Gasteiger partial charge in [-0.25, -0.2) is 17.4 Å². The van der Waals surface area contributed by atoms with E-state index in [1.54, 1.807) is 36.7 Å². The molecule has 3 aromatic carbocycles. The largest absolute Gasteiger partial charge is 0.369 e. The molecule has 0 bridgehead atoms. The van der Waals surface area contributed by atoms with E-state index in [4.69, 9.17) is 4.98 Å². The molecule has 2 saturated heterocycles. The van der Waals surface area contributed by atoms with Crippen LogP contribution in [-0.4, -0.2) is 104 Å². The number of carbonyl (C=O) groups excluding carboxylic acids is 1. The van der Waals surface area contributed by atoms with E-state index < -0.39 is 10.0 Å². The van der Waals surface area contributed by atoms with Crippen LogP contribution in [0.3, 0.4) is 0 Å². The summed E-state index contributed by atoms with van der Waals surface area (Å²) in [5, 5.41) is 0.724. The summed E-state index contributed by atoms with van der Waals surface area (Å²) in [4.78, 5) is 27.4. The Balaban J connectivity index is 1.27. The molecule has 2 aliphatic rings. The van der Waals surface area contributed by atoms with Crippen molar-refractivity contribution < 1.29 is 13.2 Å². The van der Waals surface area contributed by atoms with Gasteiger partial charge in [-0.05, 0) is 113 Å². The SMILES string of the molecule is Cc1ccc(S(=O)(=O)n2cc(-c3ccc(C(=O)N(C)C4CCN(C)CC4)cc3)c3cc(-c4ccc(N5CCN(C)CC5)c(C)c4)cnc32)cc1. The van der Waals surface area contributed by atoms with E-state index >= 15 is 0 Å².